The first-order valence-electron chi connectivity index (χ1n) is 6.49. The summed E-state index contributed by atoms with van der Waals surface area (Å²) in [7, 11) is 0. The third-order valence-corrected chi connectivity index (χ3v) is 2.97. The average Bonchev–Trinajstić information content (AvgIpc) is 2.45. The molecule has 2 rings (SSSR count). The third-order valence-electron chi connectivity index (χ3n) is 2.97. The van der Waals surface area contributed by atoms with E-state index in [0.29, 0.717) is 18.6 Å². The molecule has 0 fully saturated rings. The number of benzene rings is 1. The second-order valence-corrected chi connectivity index (χ2v) is 4.52. The number of ether oxygens (including phenoxy) is 1. The van der Waals surface area contributed by atoms with Crippen LogP contribution in [0, 0.1) is 10.1 Å². The number of aromatic nitrogens is 1. The molecule has 1 atom stereocenters. The van der Waals surface area contributed by atoms with Crippen molar-refractivity contribution >= 4 is 22.1 Å². The molecule has 0 bridgehead atoms. The lowest BCUT2D eigenvalue weighted by molar-refractivity contribution is -0.383. The fourth-order valence-electron chi connectivity index (χ4n) is 2.06. The van der Waals surface area contributed by atoms with Crippen LogP contribution in [0.3, 0.4) is 0 Å². The summed E-state index contributed by atoms with van der Waals surface area (Å²) in [6, 6.07) is 5.12. The Hall–Kier alpha value is -2.21. The predicted octanol–water partition coefficient (Wildman–Crippen LogP) is 2.98. The Bertz CT molecular complexity index is 616. The van der Waals surface area contributed by atoms with Gasteiger partial charge in [0.1, 0.15) is 0 Å². The molecule has 1 aromatic heterocycles. The molecule has 0 spiro atoms. The van der Waals surface area contributed by atoms with Crippen LogP contribution in [-0.4, -0.2) is 29.2 Å². The largest absolute Gasteiger partial charge is 0.380 e. The Balaban J connectivity index is 2.35. The summed E-state index contributed by atoms with van der Waals surface area (Å²) < 4.78 is 5.36. The molecule has 1 unspecified atom stereocenters. The number of hydrogen-bond donors (Lipinski definition) is 1. The zero-order valence-electron chi connectivity index (χ0n) is 11.5. The topological polar surface area (TPSA) is 77.3 Å². The van der Waals surface area contributed by atoms with Gasteiger partial charge in [0, 0.05) is 42.2 Å². The summed E-state index contributed by atoms with van der Waals surface area (Å²) in [6.45, 7) is 5.20. The van der Waals surface area contributed by atoms with E-state index in [1.807, 2.05) is 13.8 Å². The van der Waals surface area contributed by atoms with E-state index in [9.17, 15) is 10.1 Å². The van der Waals surface area contributed by atoms with Crippen molar-refractivity contribution in [3.63, 3.8) is 0 Å². The van der Waals surface area contributed by atoms with Gasteiger partial charge in [0.2, 0.25) is 0 Å². The molecule has 0 radical (unpaired) electrons. The van der Waals surface area contributed by atoms with Gasteiger partial charge in [-0.05, 0) is 26.0 Å². The lowest BCUT2D eigenvalue weighted by Crippen LogP contribution is -2.21. The van der Waals surface area contributed by atoms with Gasteiger partial charge in [-0.2, -0.15) is 0 Å². The second-order valence-electron chi connectivity index (χ2n) is 4.52. The Morgan fingerprint density at radius 2 is 2.20 bits per heavy atom. The van der Waals surface area contributed by atoms with Gasteiger partial charge in [-0.15, -0.1) is 0 Å². The predicted molar refractivity (Wildman–Crippen MR) is 78.0 cm³/mol. The fraction of sp³-hybridized carbons (Fsp3) is 0.357. The zero-order chi connectivity index (χ0) is 14.5. The molecule has 0 saturated carbocycles. The van der Waals surface area contributed by atoms with Gasteiger partial charge in [-0.25, -0.2) is 0 Å². The van der Waals surface area contributed by atoms with Crippen molar-refractivity contribution in [3.8, 4) is 0 Å². The van der Waals surface area contributed by atoms with E-state index in [0.717, 1.165) is 11.1 Å². The highest BCUT2D eigenvalue weighted by molar-refractivity contribution is 5.99. The molecule has 6 heteroatoms. The summed E-state index contributed by atoms with van der Waals surface area (Å²) in [5.74, 6) is 0. The van der Waals surface area contributed by atoms with Crippen LogP contribution in [0.15, 0.2) is 30.6 Å². The quantitative estimate of drug-likeness (QED) is 0.647. The van der Waals surface area contributed by atoms with Crippen molar-refractivity contribution < 1.29 is 9.66 Å². The van der Waals surface area contributed by atoms with Crippen molar-refractivity contribution in [2.75, 3.05) is 18.5 Å². The number of non-ortho nitro benzene ring substituents is 1. The van der Waals surface area contributed by atoms with E-state index in [-0.39, 0.29) is 11.7 Å². The number of nitrogens with one attached hydrogen (secondary N) is 1. The summed E-state index contributed by atoms with van der Waals surface area (Å²) >= 11 is 0. The van der Waals surface area contributed by atoms with Crippen LogP contribution in [0.4, 0.5) is 11.4 Å². The molecule has 0 aliphatic heterocycles. The van der Waals surface area contributed by atoms with E-state index in [2.05, 4.69) is 10.3 Å². The number of nitro benzene ring substituents is 1. The van der Waals surface area contributed by atoms with Crippen LogP contribution in [-0.2, 0) is 4.74 Å². The van der Waals surface area contributed by atoms with E-state index in [4.69, 9.17) is 4.74 Å². The van der Waals surface area contributed by atoms with Crippen molar-refractivity contribution in [1.29, 1.82) is 0 Å². The summed E-state index contributed by atoms with van der Waals surface area (Å²) in [4.78, 5) is 14.6. The zero-order valence-corrected chi connectivity index (χ0v) is 11.5. The molecule has 1 aromatic carbocycles. The van der Waals surface area contributed by atoms with Crippen LogP contribution in [0.5, 0.6) is 0 Å². The Labute approximate surface area is 116 Å². The van der Waals surface area contributed by atoms with E-state index in [1.165, 1.54) is 12.3 Å². The molecule has 106 valence electrons. The first-order valence-corrected chi connectivity index (χ1v) is 6.49. The highest BCUT2D eigenvalue weighted by Gasteiger charge is 2.15. The Morgan fingerprint density at radius 3 is 2.90 bits per heavy atom. The molecule has 1 heterocycles. The average molecular weight is 275 g/mol. The molecular weight excluding hydrogens is 258 g/mol. The molecule has 20 heavy (non-hydrogen) atoms. The van der Waals surface area contributed by atoms with Gasteiger partial charge in [0.05, 0.1) is 16.9 Å². The highest BCUT2D eigenvalue weighted by atomic mass is 16.6. The minimum Gasteiger partial charge on any atom is -0.380 e. The first-order chi connectivity index (χ1) is 9.63. The van der Waals surface area contributed by atoms with E-state index in [1.54, 1.807) is 18.3 Å². The number of pyridine rings is 1. The number of anilines is 1. The molecule has 0 amide bonds. The SMILES string of the molecule is CCOCC(C)Nc1ccc([N+](=O)[O-])c2cnccc12. The lowest BCUT2D eigenvalue weighted by Gasteiger charge is -2.16. The maximum absolute atomic E-state index is 11.0. The van der Waals surface area contributed by atoms with Crippen molar-refractivity contribution in [1.82, 2.24) is 4.98 Å². The van der Waals surface area contributed by atoms with Gasteiger partial charge in [-0.1, -0.05) is 0 Å². The van der Waals surface area contributed by atoms with E-state index >= 15 is 0 Å². The summed E-state index contributed by atoms with van der Waals surface area (Å²) in [6.07, 6.45) is 3.15. The highest BCUT2D eigenvalue weighted by Crippen LogP contribution is 2.30. The van der Waals surface area contributed by atoms with E-state index < -0.39 is 4.92 Å². The minimum absolute atomic E-state index is 0.0658. The van der Waals surface area contributed by atoms with Crippen molar-refractivity contribution in [2.45, 2.75) is 19.9 Å². The van der Waals surface area contributed by atoms with Gasteiger partial charge >= 0.3 is 0 Å². The van der Waals surface area contributed by atoms with Crippen molar-refractivity contribution in [2.24, 2.45) is 0 Å². The standard InChI is InChI=1S/C14H17N3O3/c1-3-20-9-10(2)16-13-4-5-14(17(18)19)12-8-15-7-6-11(12)13/h4-8,10,16H,3,9H2,1-2H3. The van der Waals surface area contributed by atoms with Gasteiger partial charge < -0.3 is 10.1 Å². The summed E-state index contributed by atoms with van der Waals surface area (Å²) in [5, 5.41) is 15.7. The Kier molecular flexibility index (Phi) is 4.47. The lowest BCUT2D eigenvalue weighted by atomic mass is 10.1. The third kappa shape index (κ3) is 3.03. The van der Waals surface area contributed by atoms with Gasteiger partial charge in [-0.3, -0.25) is 15.1 Å². The molecule has 6 nitrogen and oxygen atoms in total. The Morgan fingerprint density at radius 1 is 1.40 bits per heavy atom. The molecule has 0 aliphatic rings. The summed E-state index contributed by atoms with van der Waals surface area (Å²) in [5.41, 5.74) is 0.913. The van der Waals surface area contributed by atoms with Crippen LogP contribution in [0.2, 0.25) is 0 Å². The number of hydrogen-bond acceptors (Lipinski definition) is 5. The van der Waals surface area contributed by atoms with Crippen molar-refractivity contribution in [3.05, 3.63) is 40.7 Å². The number of fused-ring (bicyclic) bond motifs is 1. The van der Waals surface area contributed by atoms with Crippen LogP contribution >= 0.6 is 0 Å². The molecule has 0 saturated heterocycles. The second kappa shape index (κ2) is 6.29. The minimum atomic E-state index is -0.391. The van der Waals surface area contributed by atoms with Crippen LogP contribution < -0.4 is 5.32 Å². The van der Waals surface area contributed by atoms with Gasteiger partial charge in [0.15, 0.2) is 0 Å². The van der Waals surface area contributed by atoms with Crippen LogP contribution in [0.25, 0.3) is 10.8 Å². The monoisotopic (exact) mass is 275 g/mol. The number of nitrogens with zero attached hydrogens (tertiary/aromatic N) is 2. The number of nitro groups is 1. The van der Waals surface area contributed by atoms with Gasteiger partial charge in [0.25, 0.3) is 5.69 Å². The maximum atomic E-state index is 11.0. The molecule has 1 N–H and O–H groups in total. The maximum Gasteiger partial charge on any atom is 0.278 e. The molecule has 2 aromatic rings. The molecule has 0 aliphatic carbocycles. The number of rotatable bonds is 6. The fourth-order valence-corrected chi connectivity index (χ4v) is 2.06. The normalized spacial score (nSPS) is 12.3. The van der Waals surface area contributed by atoms with Crippen LogP contribution in [0.1, 0.15) is 13.8 Å². The smallest absolute Gasteiger partial charge is 0.278 e. The first kappa shape index (κ1) is 14.2. The molecular formula is C14H17N3O3.